The number of fused-ring (bicyclic) bond motifs is 1. The lowest BCUT2D eigenvalue weighted by Gasteiger charge is -2.13. The Morgan fingerprint density at radius 2 is 2.04 bits per heavy atom. The first-order chi connectivity index (χ1) is 13.2. The fraction of sp³-hybridized carbons (Fsp3) is 0.278. The third kappa shape index (κ3) is 3.01. The largest absolute Gasteiger partial charge is 0.360 e. The summed E-state index contributed by atoms with van der Waals surface area (Å²) in [6, 6.07) is 5.57. The Kier molecular flexibility index (Phi) is 3.59. The van der Waals surface area contributed by atoms with E-state index in [0.717, 1.165) is 29.4 Å². The Morgan fingerprint density at radius 1 is 1.22 bits per heavy atom. The molecule has 0 saturated heterocycles. The molecule has 1 aliphatic carbocycles. The van der Waals surface area contributed by atoms with Crippen molar-refractivity contribution in [3.63, 3.8) is 0 Å². The molecular formula is C18H17FN8. The van der Waals surface area contributed by atoms with E-state index in [0.29, 0.717) is 23.2 Å². The Hall–Kier alpha value is -3.36. The smallest absolute Gasteiger partial charge is 0.168 e. The van der Waals surface area contributed by atoms with Gasteiger partial charge in [0.2, 0.25) is 0 Å². The van der Waals surface area contributed by atoms with Crippen LogP contribution in [0.25, 0.3) is 17.0 Å². The minimum atomic E-state index is -0.459. The number of aromatic amines is 1. The van der Waals surface area contributed by atoms with Crippen LogP contribution in [-0.4, -0.2) is 34.7 Å². The fourth-order valence-electron chi connectivity index (χ4n) is 3.03. The van der Waals surface area contributed by atoms with E-state index in [2.05, 4.69) is 41.5 Å². The quantitative estimate of drug-likeness (QED) is 0.565. The number of halogens is 1. The van der Waals surface area contributed by atoms with Gasteiger partial charge in [0.15, 0.2) is 17.3 Å². The Balaban J connectivity index is 1.44. The van der Waals surface area contributed by atoms with Crippen molar-refractivity contribution in [1.82, 2.24) is 34.7 Å². The number of nitrogens with zero attached hydrogens (tertiary/aromatic N) is 6. The van der Waals surface area contributed by atoms with Crippen molar-refractivity contribution in [2.45, 2.75) is 31.7 Å². The summed E-state index contributed by atoms with van der Waals surface area (Å²) in [5, 5.41) is 10.7. The van der Waals surface area contributed by atoms with E-state index < -0.39 is 5.82 Å². The lowest BCUT2D eigenvalue weighted by atomic mass is 10.3. The standard InChI is InChI=1S/C18H17FN8/c1-10(17-20-7-12(19)8-21-17)23-15-5-4-13-18(24-15)27(9-22-13)16-6-14(25-26-16)11-2-3-11/h4-11H,2-3H2,1H3,(H,23,24)(H,25,26)/t10-/m0/s1. The van der Waals surface area contributed by atoms with Crippen molar-refractivity contribution in [1.29, 1.82) is 0 Å². The van der Waals surface area contributed by atoms with E-state index in [9.17, 15) is 4.39 Å². The maximum absolute atomic E-state index is 13.0. The number of anilines is 1. The summed E-state index contributed by atoms with van der Waals surface area (Å²) in [7, 11) is 0. The maximum atomic E-state index is 13.0. The molecule has 0 unspecified atom stereocenters. The molecule has 4 aromatic rings. The van der Waals surface area contributed by atoms with Crippen molar-refractivity contribution in [3.8, 4) is 5.82 Å². The number of H-pyrrole nitrogens is 1. The van der Waals surface area contributed by atoms with Crippen LogP contribution < -0.4 is 5.32 Å². The molecule has 8 nitrogen and oxygen atoms in total. The highest BCUT2D eigenvalue weighted by atomic mass is 19.1. The molecule has 136 valence electrons. The number of rotatable bonds is 5. The van der Waals surface area contributed by atoms with Gasteiger partial charge in [-0.2, -0.15) is 5.10 Å². The Bertz CT molecular complexity index is 1100. The van der Waals surface area contributed by atoms with E-state index >= 15 is 0 Å². The Labute approximate surface area is 153 Å². The number of pyridine rings is 1. The lowest BCUT2D eigenvalue weighted by molar-refractivity contribution is 0.604. The number of hydrogen-bond donors (Lipinski definition) is 2. The highest BCUT2D eigenvalue weighted by molar-refractivity contribution is 5.74. The monoisotopic (exact) mass is 364 g/mol. The molecule has 5 rings (SSSR count). The van der Waals surface area contributed by atoms with E-state index in [1.165, 1.54) is 12.8 Å². The lowest BCUT2D eigenvalue weighted by Crippen LogP contribution is -2.11. The van der Waals surface area contributed by atoms with Gasteiger partial charge in [0.05, 0.1) is 18.4 Å². The molecule has 1 fully saturated rings. The summed E-state index contributed by atoms with van der Waals surface area (Å²) < 4.78 is 14.9. The topological polar surface area (TPSA) is 97.2 Å². The van der Waals surface area contributed by atoms with Gasteiger partial charge < -0.3 is 5.32 Å². The summed E-state index contributed by atoms with van der Waals surface area (Å²) in [4.78, 5) is 17.1. The molecule has 0 amide bonds. The van der Waals surface area contributed by atoms with Gasteiger partial charge in [0.1, 0.15) is 23.5 Å². The minimum Gasteiger partial charge on any atom is -0.360 e. The average molecular weight is 364 g/mol. The summed E-state index contributed by atoms with van der Waals surface area (Å²) >= 11 is 0. The normalized spacial score (nSPS) is 15.2. The predicted molar refractivity (Wildman–Crippen MR) is 97.0 cm³/mol. The van der Waals surface area contributed by atoms with Gasteiger partial charge >= 0.3 is 0 Å². The average Bonchev–Trinajstić information content (AvgIpc) is 3.26. The molecule has 27 heavy (non-hydrogen) atoms. The summed E-state index contributed by atoms with van der Waals surface area (Å²) in [6.07, 6.45) is 6.45. The molecule has 0 aromatic carbocycles. The first kappa shape index (κ1) is 15.9. The van der Waals surface area contributed by atoms with Crippen molar-refractivity contribution in [2.75, 3.05) is 5.32 Å². The first-order valence-corrected chi connectivity index (χ1v) is 8.81. The Morgan fingerprint density at radius 3 is 2.81 bits per heavy atom. The fourth-order valence-corrected chi connectivity index (χ4v) is 3.03. The molecule has 1 atom stereocenters. The number of imidazole rings is 1. The van der Waals surface area contributed by atoms with Gasteiger partial charge in [0.25, 0.3) is 0 Å². The maximum Gasteiger partial charge on any atom is 0.168 e. The van der Waals surface area contributed by atoms with E-state index in [4.69, 9.17) is 0 Å². The van der Waals surface area contributed by atoms with Crippen LogP contribution >= 0.6 is 0 Å². The SMILES string of the molecule is C[C@H](Nc1ccc2ncn(-c3cc(C4CC4)[nH]n3)c2n1)c1ncc(F)cn1. The second-order valence-electron chi connectivity index (χ2n) is 6.74. The van der Waals surface area contributed by atoms with Gasteiger partial charge in [-0.25, -0.2) is 24.3 Å². The minimum absolute atomic E-state index is 0.223. The molecule has 9 heteroatoms. The molecular weight excluding hydrogens is 347 g/mol. The van der Waals surface area contributed by atoms with Crippen LogP contribution in [0.5, 0.6) is 0 Å². The van der Waals surface area contributed by atoms with E-state index in [1.807, 2.05) is 23.6 Å². The van der Waals surface area contributed by atoms with E-state index in [-0.39, 0.29) is 6.04 Å². The highest BCUT2D eigenvalue weighted by Crippen LogP contribution is 2.39. The predicted octanol–water partition coefficient (Wildman–Crippen LogP) is 3.12. The van der Waals surface area contributed by atoms with Crippen LogP contribution in [0.3, 0.4) is 0 Å². The van der Waals surface area contributed by atoms with Crippen molar-refractivity contribution < 1.29 is 4.39 Å². The highest BCUT2D eigenvalue weighted by Gasteiger charge is 2.26. The van der Waals surface area contributed by atoms with Crippen LogP contribution in [0.4, 0.5) is 10.2 Å². The molecule has 1 saturated carbocycles. The van der Waals surface area contributed by atoms with Crippen LogP contribution in [0.2, 0.25) is 0 Å². The van der Waals surface area contributed by atoms with Crippen molar-refractivity contribution >= 4 is 17.0 Å². The van der Waals surface area contributed by atoms with Gasteiger partial charge in [-0.15, -0.1) is 0 Å². The molecule has 1 aliphatic rings. The van der Waals surface area contributed by atoms with Crippen LogP contribution in [0.15, 0.2) is 36.9 Å². The number of hydrogen-bond acceptors (Lipinski definition) is 6. The molecule has 0 aliphatic heterocycles. The zero-order valence-corrected chi connectivity index (χ0v) is 14.6. The third-order valence-electron chi connectivity index (χ3n) is 4.64. The number of aromatic nitrogens is 7. The van der Waals surface area contributed by atoms with Crippen LogP contribution in [0, 0.1) is 5.82 Å². The molecule has 2 N–H and O–H groups in total. The summed E-state index contributed by atoms with van der Waals surface area (Å²) in [6.45, 7) is 1.89. The molecule has 0 radical (unpaired) electrons. The third-order valence-corrected chi connectivity index (χ3v) is 4.64. The summed E-state index contributed by atoms with van der Waals surface area (Å²) in [5.74, 6) is 2.07. The zero-order valence-electron chi connectivity index (χ0n) is 14.6. The van der Waals surface area contributed by atoms with Gasteiger partial charge in [-0.3, -0.25) is 9.67 Å². The number of nitrogens with one attached hydrogen (secondary N) is 2. The van der Waals surface area contributed by atoms with Gasteiger partial charge in [-0.1, -0.05) is 0 Å². The second-order valence-corrected chi connectivity index (χ2v) is 6.74. The van der Waals surface area contributed by atoms with Crippen molar-refractivity contribution in [3.05, 3.63) is 54.3 Å². The van der Waals surface area contributed by atoms with E-state index in [1.54, 1.807) is 6.33 Å². The van der Waals surface area contributed by atoms with Crippen molar-refractivity contribution in [2.24, 2.45) is 0 Å². The first-order valence-electron chi connectivity index (χ1n) is 8.81. The van der Waals surface area contributed by atoms with Crippen LogP contribution in [-0.2, 0) is 0 Å². The molecule has 0 spiro atoms. The zero-order chi connectivity index (χ0) is 18.4. The van der Waals surface area contributed by atoms with Gasteiger partial charge in [-0.05, 0) is 31.9 Å². The molecule has 4 heterocycles. The molecule has 4 aromatic heterocycles. The van der Waals surface area contributed by atoms with Gasteiger partial charge in [0, 0.05) is 17.7 Å². The molecule has 0 bridgehead atoms. The second kappa shape index (κ2) is 6.11. The summed E-state index contributed by atoms with van der Waals surface area (Å²) in [5.41, 5.74) is 2.64. The van der Waals surface area contributed by atoms with Crippen LogP contribution in [0.1, 0.15) is 43.2 Å².